The maximum Gasteiger partial charge on any atom is 0.259 e. The molecule has 4 N–H and O–H groups in total. The molecule has 256 valence electrons. The fourth-order valence-corrected chi connectivity index (χ4v) is 7.97. The Labute approximate surface area is 286 Å². The van der Waals surface area contributed by atoms with Crippen molar-refractivity contribution in [2.75, 3.05) is 12.8 Å². The Morgan fingerprint density at radius 1 is 0.918 bits per heavy atom. The number of rotatable bonds is 14. The minimum Gasteiger partial charge on any atom is -0.368 e. The number of aromatic nitrogens is 3. The Hall–Kier alpha value is -5.23. The summed E-state index contributed by atoms with van der Waals surface area (Å²) < 4.78 is 28.9. The average molecular weight is 683 g/mol. The number of carbonyl (C=O) groups is 3. The molecule has 12 heteroatoms. The number of nitrogens with one attached hydrogen (secondary N) is 2. The smallest absolute Gasteiger partial charge is 0.259 e. The number of H-pyrrole nitrogens is 2. The lowest BCUT2D eigenvalue weighted by Gasteiger charge is -2.35. The van der Waals surface area contributed by atoms with Crippen LogP contribution in [0.25, 0.3) is 22.2 Å². The van der Waals surface area contributed by atoms with Crippen LogP contribution in [0.1, 0.15) is 52.4 Å². The van der Waals surface area contributed by atoms with Crippen molar-refractivity contribution in [3.05, 3.63) is 113 Å². The van der Waals surface area contributed by atoms with Crippen LogP contribution in [-0.2, 0) is 32.5 Å². The van der Waals surface area contributed by atoms with E-state index in [0.717, 1.165) is 33.3 Å². The van der Waals surface area contributed by atoms with E-state index in [0.29, 0.717) is 27.4 Å². The van der Waals surface area contributed by atoms with Gasteiger partial charge in [-0.3, -0.25) is 19.5 Å². The largest absolute Gasteiger partial charge is 0.368 e. The van der Waals surface area contributed by atoms with E-state index in [9.17, 15) is 22.8 Å². The predicted molar refractivity (Wildman–Crippen MR) is 190 cm³/mol. The highest BCUT2D eigenvalue weighted by Crippen LogP contribution is 2.26. The molecule has 0 saturated heterocycles. The first-order valence-corrected chi connectivity index (χ1v) is 17.8. The highest BCUT2D eigenvalue weighted by atomic mass is 32.2. The zero-order valence-corrected chi connectivity index (χ0v) is 29.0. The first kappa shape index (κ1) is 35.1. The molecule has 49 heavy (non-hydrogen) atoms. The van der Waals surface area contributed by atoms with Gasteiger partial charge in [0.1, 0.15) is 12.1 Å². The van der Waals surface area contributed by atoms with E-state index in [4.69, 9.17) is 5.73 Å². The summed E-state index contributed by atoms with van der Waals surface area (Å²) in [7, 11) is -2.89. The van der Waals surface area contributed by atoms with Crippen molar-refractivity contribution in [3.63, 3.8) is 0 Å². The van der Waals surface area contributed by atoms with Crippen molar-refractivity contribution in [3.8, 4) is 11.3 Å². The van der Waals surface area contributed by atoms with Crippen LogP contribution in [0.3, 0.4) is 0 Å². The van der Waals surface area contributed by atoms with Gasteiger partial charge in [-0.05, 0) is 61.2 Å². The van der Waals surface area contributed by atoms with E-state index < -0.39 is 39.8 Å². The Bertz CT molecular complexity index is 2030. The summed E-state index contributed by atoms with van der Waals surface area (Å²) >= 11 is 0. The van der Waals surface area contributed by atoms with Crippen molar-refractivity contribution in [2.45, 2.75) is 58.5 Å². The van der Waals surface area contributed by atoms with Gasteiger partial charge >= 0.3 is 0 Å². The van der Waals surface area contributed by atoms with Gasteiger partial charge in [0.05, 0.1) is 11.4 Å². The minimum absolute atomic E-state index is 0.0203. The fraction of sp³-hybridized carbons (Fsp3) is 0.297. The van der Waals surface area contributed by atoms with Crippen LogP contribution in [0.2, 0.25) is 0 Å². The SMILES string of the molecule is CCCCS(=O)(=O)N(C(=O)[C@H](Cc1ccc(-c2ccn[nH]2)cc1)N(C)C(=O)c1cc(C)cc(C)c1)[C@@H](Cc1c[nH]c2ccccc12)C(N)=O. The van der Waals surface area contributed by atoms with Gasteiger partial charge in [0.15, 0.2) is 0 Å². The molecular formula is C37H42N6O5S. The van der Waals surface area contributed by atoms with E-state index in [1.54, 1.807) is 24.5 Å². The number of aryl methyl sites for hydroxylation is 2. The summed E-state index contributed by atoms with van der Waals surface area (Å²) in [5.41, 5.74) is 11.8. The summed E-state index contributed by atoms with van der Waals surface area (Å²) in [6, 6.07) is 19.1. The molecule has 0 aliphatic carbocycles. The van der Waals surface area contributed by atoms with Crippen molar-refractivity contribution >= 4 is 38.6 Å². The lowest BCUT2D eigenvalue weighted by Crippen LogP contribution is -2.59. The van der Waals surface area contributed by atoms with Gasteiger partial charge in [-0.2, -0.15) is 5.10 Å². The summed E-state index contributed by atoms with van der Waals surface area (Å²) in [4.78, 5) is 46.6. The number of primary amides is 1. The van der Waals surface area contributed by atoms with Crippen LogP contribution in [0, 0.1) is 13.8 Å². The van der Waals surface area contributed by atoms with Crippen LogP contribution in [0.5, 0.6) is 0 Å². The number of nitrogens with zero attached hydrogens (tertiary/aromatic N) is 3. The number of likely N-dealkylation sites (N-methyl/N-ethyl adjacent to an activating group) is 1. The van der Waals surface area contributed by atoms with Crippen LogP contribution in [-0.4, -0.2) is 75.4 Å². The number of hydrogen-bond donors (Lipinski definition) is 3. The second-order valence-electron chi connectivity index (χ2n) is 12.5. The number of para-hydroxylation sites is 1. The molecule has 2 aromatic heterocycles. The normalized spacial score (nSPS) is 12.8. The second kappa shape index (κ2) is 14.9. The Balaban J connectivity index is 1.59. The topological polar surface area (TPSA) is 162 Å². The Kier molecular flexibility index (Phi) is 10.7. The molecule has 0 unspecified atom stereocenters. The number of nitrogens with two attached hydrogens (primary N) is 1. The summed E-state index contributed by atoms with van der Waals surface area (Å²) in [6.07, 6.45) is 3.98. The molecule has 5 rings (SSSR count). The monoisotopic (exact) mass is 682 g/mol. The molecule has 0 bridgehead atoms. The molecule has 0 aliphatic rings. The molecular weight excluding hydrogens is 641 g/mol. The lowest BCUT2D eigenvalue weighted by molar-refractivity contribution is -0.137. The molecule has 3 aromatic carbocycles. The minimum atomic E-state index is -4.37. The lowest BCUT2D eigenvalue weighted by atomic mass is 9.99. The molecule has 3 amide bonds. The molecule has 0 radical (unpaired) electrons. The van der Waals surface area contributed by atoms with Crippen molar-refractivity contribution in [1.82, 2.24) is 24.4 Å². The molecule has 0 fully saturated rings. The van der Waals surface area contributed by atoms with Gasteiger partial charge in [0.25, 0.3) is 11.8 Å². The van der Waals surface area contributed by atoms with Gasteiger partial charge in [-0.15, -0.1) is 0 Å². The van der Waals surface area contributed by atoms with Crippen molar-refractivity contribution in [2.24, 2.45) is 5.73 Å². The molecule has 0 spiro atoms. The molecule has 11 nitrogen and oxygen atoms in total. The average Bonchev–Trinajstić information content (AvgIpc) is 3.76. The van der Waals surface area contributed by atoms with E-state index in [1.165, 1.54) is 11.9 Å². The number of fused-ring (bicyclic) bond motifs is 1. The quantitative estimate of drug-likeness (QED) is 0.151. The van der Waals surface area contributed by atoms with Gasteiger partial charge in [-0.25, -0.2) is 12.7 Å². The predicted octanol–water partition coefficient (Wildman–Crippen LogP) is 4.91. The molecule has 5 aromatic rings. The number of amides is 3. The van der Waals surface area contributed by atoms with Gasteiger partial charge in [0.2, 0.25) is 15.9 Å². The number of unbranched alkanes of at least 4 members (excludes halogenated alkanes) is 1. The summed E-state index contributed by atoms with van der Waals surface area (Å²) in [5, 5.41) is 7.69. The highest BCUT2D eigenvalue weighted by molar-refractivity contribution is 7.89. The van der Waals surface area contributed by atoms with Gasteiger partial charge in [0, 0.05) is 48.7 Å². The maximum absolute atomic E-state index is 14.9. The van der Waals surface area contributed by atoms with Gasteiger partial charge in [-0.1, -0.05) is 73.0 Å². The Morgan fingerprint density at radius 3 is 2.24 bits per heavy atom. The molecule has 0 aliphatic heterocycles. The molecule has 2 atom stereocenters. The fourth-order valence-electron chi connectivity index (χ4n) is 6.16. The van der Waals surface area contributed by atoms with E-state index in [2.05, 4.69) is 15.2 Å². The van der Waals surface area contributed by atoms with E-state index in [1.807, 2.05) is 81.4 Å². The van der Waals surface area contributed by atoms with E-state index in [-0.39, 0.29) is 25.0 Å². The Morgan fingerprint density at radius 2 is 1.61 bits per heavy atom. The molecule has 0 saturated carbocycles. The summed E-state index contributed by atoms with van der Waals surface area (Å²) in [5.74, 6) is -2.70. The number of sulfonamides is 1. The van der Waals surface area contributed by atoms with Crippen LogP contribution in [0.4, 0.5) is 0 Å². The highest BCUT2D eigenvalue weighted by Gasteiger charge is 2.43. The third-order valence-corrected chi connectivity index (χ3v) is 10.5. The zero-order valence-electron chi connectivity index (χ0n) is 28.1. The number of carbonyl (C=O) groups excluding carboxylic acids is 3. The second-order valence-corrected chi connectivity index (χ2v) is 14.4. The van der Waals surface area contributed by atoms with Crippen molar-refractivity contribution < 1.29 is 22.8 Å². The third-order valence-electron chi connectivity index (χ3n) is 8.71. The first-order valence-electron chi connectivity index (χ1n) is 16.2. The third kappa shape index (κ3) is 7.92. The van der Waals surface area contributed by atoms with Gasteiger partial charge < -0.3 is 15.6 Å². The first-order chi connectivity index (χ1) is 23.4. The number of hydrogen-bond acceptors (Lipinski definition) is 6. The number of aromatic amines is 2. The van der Waals surface area contributed by atoms with Crippen LogP contribution >= 0.6 is 0 Å². The number of benzene rings is 3. The standard InChI is InChI=1S/C37H42N6O5S/c1-5-6-17-49(47,48)43(33(35(38)44)22-29-23-39-32-10-8-7-9-30(29)32)37(46)34(42(4)36(45)28-19-24(2)18-25(3)20-28)21-26-11-13-27(14-12-26)31-15-16-40-41-31/h7-16,18-20,23,33-34,39H,5-6,17,21-22H2,1-4H3,(H2,38,44)(H,40,41)/t33-,34-/m0/s1. The zero-order chi connectivity index (χ0) is 35.3. The van der Waals surface area contributed by atoms with Crippen LogP contribution in [0.15, 0.2) is 85.2 Å². The maximum atomic E-state index is 14.9. The molecule has 2 heterocycles. The van der Waals surface area contributed by atoms with Crippen LogP contribution < -0.4 is 5.73 Å². The van der Waals surface area contributed by atoms with Crippen molar-refractivity contribution in [1.29, 1.82) is 0 Å². The van der Waals surface area contributed by atoms with E-state index >= 15 is 0 Å². The summed E-state index contributed by atoms with van der Waals surface area (Å²) in [6.45, 7) is 5.58.